The van der Waals surface area contributed by atoms with Crippen LogP contribution in [0.1, 0.15) is 5.56 Å². The first kappa shape index (κ1) is 15.7. The quantitative estimate of drug-likeness (QED) is 0.796. The third kappa shape index (κ3) is 4.67. The van der Waals surface area contributed by atoms with Crippen molar-refractivity contribution in [1.82, 2.24) is 10.3 Å². The average Bonchev–Trinajstić information content (AvgIpc) is 2.49. The van der Waals surface area contributed by atoms with E-state index in [1.165, 1.54) is 12.1 Å². The fraction of sp³-hybridized carbons (Fsp3) is 0.267. The molecule has 0 unspecified atom stereocenters. The summed E-state index contributed by atoms with van der Waals surface area (Å²) in [5.41, 5.74) is 0.879. The summed E-state index contributed by atoms with van der Waals surface area (Å²) in [5, 5.41) is 3.27. The molecule has 2 rings (SSSR count). The van der Waals surface area contributed by atoms with Crippen molar-refractivity contribution in [2.75, 3.05) is 20.3 Å². The third-order valence-electron chi connectivity index (χ3n) is 2.75. The van der Waals surface area contributed by atoms with Crippen molar-refractivity contribution in [2.24, 2.45) is 0 Å². The second-order valence-electron chi connectivity index (χ2n) is 4.32. The first-order valence-electron chi connectivity index (χ1n) is 6.47. The Morgan fingerprint density at radius 3 is 2.95 bits per heavy atom. The van der Waals surface area contributed by atoms with Crippen LogP contribution in [0.25, 0.3) is 0 Å². The highest BCUT2D eigenvalue weighted by molar-refractivity contribution is 6.30. The summed E-state index contributed by atoms with van der Waals surface area (Å²) in [4.78, 5) is 4.18. The van der Waals surface area contributed by atoms with Gasteiger partial charge in [0.1, 0.15) is 11.6 Å². The van der Waals surface area contributed by atoms with Gasteiger partial charge < -0.3 is 14.8 Å². The van der Waals surface area contributed by atoms with E-state index in [0.29, 0.717) is 24.8 Å². The summed E-state index contributed by atoms with van der Waals surface area (Å²) in [7, 11) is 1.65. The van der Waals surface area contributed by atoms with Crippen LogP contribution >= 0.6 is 11.6 Å². The summed E-state index contributed by atoms with van der Waals surface area (Å²) < 4.78 is 24.0. The zero-order valence-corrected chi connectivity index (χ0v) is 12.4. The van der Waals surface area contributed by atoms with Crippen molar-refractivity contribution >= 4 is 11.6 Å². The normalized spacial score (nSPS) is 10.6. The number of methoxy groups -OCH3 is 1. The minimum Gasteiger partial charge on any atom is -0.439 e. The van der Waals surface area contributed by atoms with E-state index in [0.717, 1.165) is 12.1 Å². The van der Waals surface area contributed by atoms with Crippen molar-refractivity contribution in [3.05, 3.63) is 52.9 Å². The van der Waals surface area contributed by atoms with Crippen LogP contribution in [0.15, 0.2) is 36.5 Å². The minimum absolute atomic E-state index is 0.0600. The molecule has 0 aliphatic carbocycles. The lowest BCUT2D eigenvalue weighted by Gasteiger charge is -2.11. The maximum absolute atomic E-state index is 13.4. The number of ether oxygens (including phenoxy) is 2. The number of benzene rings is 1. The molecule has 1 heterocycles. The molecule has 1 aromatic carbocycles. The first-order valence-corrected chi connectivity index (χ1v) is 6.85. The fourth-order valence-corrected chi connectivity index (χ4v) is 1.82. The number of rotatable bonds is 7. The number of nitrogens with one attached hydrogen (secondary N) is 1. The SMILES string of the molecule is COCCNCc1cccnc1Oc1ccc(Cl)c(F)c1. The Labute approximate surface area is 127 Å². The van der Waals surface area contributed by atoms with E-state index in [9.17, 15) is 4.39 Å². The van der Waals surface area contributed by atoms with Gasteiger partial charge in [0.05, 0.1) is 11.6 Å². The van der Waals surface area contributed by atoms with Crippen LogP contribution in [0.5, 0.6) is 11.6 Å². The number of aromatic nitrogens is 1. The minimum atomic E-state index is -0.523. The molecule has 1 N–H and O–H groups in total. The van der Waals surface area contributed by atoms with Crippen LogP contribution in [0.4, 0.5) is 4.39 Å². The van der Waals surface area contributed by atoms with Crippen LogP contribution in [0.3, 0.4) is 0 Å². The maximum atomic E-state index is 13.4. The van der Waals surface area contributed by atoms with Crippen molar-refractivity contribution in [1.29, 1.82) is 0 Å². The van der Waals surface area contributed by atoms with Crippen LogP contribution in [0.2, 0.25) is 5.02 Å². The molecule has 0 saturated heterocycles. The van der Waals surface area contributed by atoms with E-state index in [2.05, 4.69) is 10.3 Å². The first-order chi connectivity index (χ1) is 10.2. The topological polar surface area (TPSA) is 43.4 Å². The Balaban J connectivity index is 2.06. The molecule has 1 aromatic heterocycles. The maximum Gasteiger partial charge on any atom is 0.223 e. The lowest BCUT2D eigenvalue weighted by Crippen LogP contribution is -2.19. The van der Waals surface area contributed by atoms with Gasteiger partial charge in [-0.05, 0) is 18.2 Å². The van der Waals surface area contributed by atoms with Crippen molar-refractivity contribution in [3.63, 3.8) is 0 Å². The van der Waals surface area contributed by atoms with E-state index in [4.69, 9.17) is 21.1 Å². The summed E-state index contributed by atoms with van der Waals surface area (Å²) in [5.74, 6) is 0.266. The lowest BCUT2D eigenvalue weighted by atomic mass is 10.2. The molecule has 112 valence electrons. The monoisotopic (exact) mass is 310 g/mol. The van der Waals surface area contributed by atoms with Gasteiger partial charge >= 0.3 is 0 Å². The highest BCUT2D eigenvalue weighted by atomic mass is 35.5. The molecule has 21 heavy (non-hydrogen) atoms. The van der Waals surface area contributed by atoms with Crippen molar-refractivity contribution in [2.45, 2.75) is 6.54 Å². The van der Waals surface area contributed by atoms with E-state index in [-0.39, 0.29) is 5.02 Å². The average molecular weight is 311 g/mol. The lowest BCUT2D eigenvalue weighted by molar-refractivity contribution is 0.199. The molecule has 6 heteroatoms. The molecule has 0 fully saturated rings. The summed E-state index contributed by atoms with van der Waals surface area (Å²) in [6.45, 7) is 1.93. The highest BCUT2D eigenvalue weighted by Gasteiger charge is 2.08. The van der Waals surface area contributed by atoms with Gasteiger partial charge in [-0.15, -0.1) is 0 Å². The fourth-order valence-electron chi connectivity index (χ4n) is 1.70. The number of hydrogen-bond acceptors (Lipinski definition) is 4. The largest absolute Gasteiger partial charge is 0.439 e. The van der Waals surface area contributed by atoms with E-state index >= 15 is 0 Å². The predicted octanol–water partition coefficient (Wildman–Crippen LogP) is 3.40. The van der Waals surface area contributed by atoms with Crippen LogP contribution in [-0.2, 0) is 11.3 Å². The van der Waals surface area contributed by atoms with Gasteiger partial charge in [0.2, 0.25) is 5.88 Å². The molecule has 0 radical (unpaired) electrons. The highest BCUT2D eigenvalue weighted by Crippen LogP contribution is 2.26. The molecule has 2 aromatic rings. The Kier molecular flexibility index (Phi) is 5.92. The Morgan fingerprint density at radius 1 is 1.33 bits per heavy atom. The van der Waals surface area contributed by atoms with E-state index < -0.39 is 5.82 Å². The van der Waals surface area contributed by atoms with Gasteiger partial charge in [-0.25, -0.2) is 9.37 Å². The van der Waals surface area contributed by atoms with Crippen molar-refractivity contribution < 1.29 is 13.9 Å². The summed E-state index contributed by atoms with van der Waals surface area (Å²) in [6, 6.07) is 8.00. The van der Waals surface area contributed by atoms with Gasteiger partial charge in [0.15, 0.2) is 0 Å². The summed E-state index contributed by atoms with van der Waals surface area (Å²) >= 11 is 5.65. The summed E-state index contributed by atoms with van der Waals surface area (Å²) in [6.07, 6.45) is 1.63. The molecule has 4 nitrogen and oxygen atoms in total. The van der Waals surface area contributed by atoms with Crippen LogP contribution in [0, 0.1) is 5.82 Å². The van der Waals surface area contributed by atoms with E-state index in [1.54, 1.807) is 19.4 Å². The van der Waals surface area contributed by atoms with Crippen LogP contribution in [-0.4, -0.2) is 25.2 Å². The molecule has 0 aliphatic rings. The molecule has 0 atom stereocenters. The Morgan fingerprint density at radius 2 is 2.19 bits per heavy atom. The molecular formula is C15H16ClFN2O2. The second-order valence-corrected chi connectivity index (χ2v) is 4.72. The molecular weight excluding hydrogens is 295 g/mol. The zero-order chi connectivity index (χ0) is 15.1. The molecule has 0 bridgehead atoms. The molecule has 0 spiro atoms. The van der Waals surface area contributed by atoms with Gasteiger partial charge in [-0.3, -0.25) is 0 Å². The number of nitrogens with zero attached hydrogens (tertiary/aromatic N) is 1. The Bertz CT molecular complexity index is 596. The smallest absolute Gasteiger partial charge is 0.223 e. The van der Waals surface area contributed by atoms with Gasteiger partial charge in [-0.1, -0.05) is 17.7 Å². The van der Waals surface area contributed by atoms with Gasteiger partial charge in [0, 0.05) is 38.0 Å². The second kappa shape index (κ2) is 7.93. The van der Waals surface area contributed by atoms with Crippen molar-refractivity contribution in [3.8, 4) is 11.6 Å². The van der Waals surface area contributed by atoms with Gasteiger partial charge in [-0.2, -0.15) is 0 Å². The number of hydrogen-bond donors (Lipinski definition) is 1. The zero-order valence-electron chi connectivity index (χ0n) is 11.6. The van der Waals surface area contributed by atoms with Crippen LogP contribution < -0.4 is 10.1 Å². The van der Waals surface area contributed by atoms with Gasteiger partial charge in [0.25, 0.3) is 0 Å². The Hall–Kier alpha value is -1.69. The third-order valence-corrected chi connectivity index (χ3v) is 3.06. The standard InChI is InChI=1S/C15H16ClFN2O2/c1-20-8-7-18-10-11-3-2-6-19-15(11)21-12-4-5-13(16)14(17)9-12/h2-6,9,18H,7-8,10H2,1H3. The molecule has 0 amide bonds. The number of halogens is 2. The molecule has 0 aliphatic heterocycles. The van der Waals surface area contributed by atoms with E-state index in [1.807, 2.05) is 12.1 Å². The molecule has 0 saturated carbocycles. The number of pyridine rings is 1. The predicted molar refractivity (Wildman–Crippen MR) is 79.3 cm³/mol.